The molecule has 0 aliphatic rings. The van der Waals surface area contributed by atoms with Crippen LogP contribution in [0.2, 0.25) is 0 Å². The van der Waals surface area contributed by atoms with Crippen LogP contribution in [-0.2, 0) is 0 Å². The Hall–Kier alpha value is -2.92. The number of aromatic carboxylic acids is 1. The number of benzene rings is 2. The van der Waals surface area contributed by atoms with Gasteiger partial charge in [0.05, 0.1) is 0 Å². The first-order chi connectivity index (χ1) is 12.4. The fourth-order valence-electron chi connectivity index (χ4n) is 2.87. The van der Waals surface area contributed by atoms with Crippen molar-refractivity contribution in [2.24, 2.45) is 0 Å². The van der Waals surface area contributed by atoms with E-state index in [1.165, 1.54) is 11.3 Å². The van der Waals surface area contributed by atoms with E-state index >= 15 is 0 Å². The van der Waals surface area contributed by atoms with Gasteiger partial charge < -0.3 is 10.4 Å². The predicted octanol–water partition coefficient (Wildman–Crippen LogP) is 5.29. The molecule has 26 heavy (non-hydrogen) atoms. The number of aryl methyl sites for hydroxylation is 3. The van der Waals surface area contributed by atoms with Crippen molar-refractivity contribution in [2.75, 3.05) is 5.32 Å². The topological polar surface area (TPSA) is 66.4 Å². The van der Waals surface area contributed by atoms with Gasteiger partial charge in [0, 0.05) is 16.0 Å². The van der Waals surface area contributed by atoms with Crippen molar-refractivity contribution in [2.45, 2.75) is 20.8 Å². The standard InChI is InChI=1S/C21H19NO3S/c1-12-7-9-15(10-8-12)17-14(3)26-20(18(17)21(24)25)22-19(23)16-6-4-5-13(2)11-16/h4-11H,1-3H3,(H,22,23)(H,24,25). The van der Waals surface area contributed by atoms with Crippen LogP contribution in [0.5, 0.6) is 0 Å². The third-order valence-corrected chi connectivity index (χ3v) is 5.17. The highest BCUT2D eigenvalue weighted by atomic mass is 32.1. The Morgan fingerprint density at radius 3 is 2.27 bits per heavy atom. The molecule has 0 aliphatic heterocycles. The lowest BCUT2D eigenvalue weighted by Gasteiger charge is -2.07. The number of nitrogens with one attached hydrogen (secondary N) is 1. The Labute approximate surface area is 156 Å². The summed E-state index contributed by atoms with van der Waals surface area (Å²) >= 11 is 1.28. The summed E-state index contributed by atoms with van der Waals surface area (Å²) in [4.78, 5) is 25.3. The summed E-state index contributed by atoms with van der Waals surface area (Å²) in [6.07, 6.45) is 0. The SMILES string of the molecule is Cc1ccc(-c2c(C)sc(NC(=O)c3cccc(C)c3)c2C(=O)O)cc1. The van der Waals surface area contributed by atoms with E-state index in [9.17, 15) is 14.7 Å². The van der Waals surface area contributed by atoms with Crippen LogP contribution >= 0.6 is 11.3 Å². The van der Waals surface area contributed by atoms with Crippen LogP contribution in [-0.4, -0.2) is 17.0 Å². The molecule has 1 amide bonds. The number of anilines is 1. The molecule has 3 rings (SSSR count). The lowest BCUT2D eigenvalue weighted by atomic mass is 10.0. The molecule has 1 aromatic heterocycles. The number of thiophene rings is 1. The quantitative estimate of drug-likeness (QED) is 0.660. The number of amides is 1. The van der Waals surface area contributed by atoms with E-state index in [0.29, 0.717) is 16.1 Å². The number of hydrogen-bond acceptors (Lipinski definition) is 3. The maximum Gasteiger partial charge on any atom is 0.339 e. The van der Waals surface area contributed by atoms with Crippen LogP contribution in [0.1, 0.15) is 36.7 Å². The van der Waals surface area contributed by atoms with Crippen LogP contribution in [0.4, 0.5) is 5.00 Å². The molecule has 0 atom stereocenters. The molecular formula is C21H19NO3S. The van der Waals surface area contributed by atoms with E-state index in [4.69, 9.17) is 0 Å². The fourth-order valence-corrected chi connectivity index (χ4v) is 3.93. The summed E-state index contributed by atoms with van der Waals surface area (Å²) in [6.45, 7) is 5.76. The highest BCUT2D eigenvalue weighted by molar-refractivity contribution is 7.17. The molecule has 132 valence electrons. The first-order valence-corrected chi connectivity index (χ1v) is 9.00. The Bertz CT molecular complexity index is 987. The molecule has 3 aromatic rings. The lowest BCUT2D eigenvalue weighted by molar-refractivity contribution is 0.0699. The van der Waals surface area contributed by atoms with E-state index in [-0.39, 0.29) is 11.5 Å². The molecule has 2 N–H and O–H groups in total. The summed E-state index contributed by atoms with van der Waals surface area (Å²) in [5.74, 6) is -1.36. The van der Waals surface area contributed by atoms with E-state index in [1.54, 1.807) is 18.2 Å². The van der Waals surface area contributed by atoms with Crippen molar-refractivity contribution < 1.29 is 14.7 Å². The zero-order valence-corrected chi connectivity index (χ0v) is 15.6. The maximum atomic E-state index is 12.5. The largest absolute Gasteiger partial charge is 0.478 e. The molecular weight excluding hydrogens is 346 g/mol. The minimum absolute atomic E-state index is 0.136. The monoisotopic (exact) mass is 365 g/mol. The molecule has 2 aromatic carbocycles. The highest BCUT2D eigenvalue weighted by Gasteiger charge is 2.24. The number of rotatable bonds is 4. The molecule has 0 aliphatic carbocycles. The molecule has 0 fully saturated rings. The van der Waals surface area contributed by atoms with Gasteiger partial charge in [-0.15, -0.1) is 11.3 Å². The zero-order valence-electron chi connectivity index (χ0n) is 14.8. The van der Waals surface area contributed by atoms with E-state index in [0.717, 1.165) is 21.6 Å². The Morgan fingerprint density at radius 1 is 0.962 bits per heavy atom. The molecule has 0 spiro atoms. The summed E-state index contributed by atoms with van der Waals surface area (Å²) in [5, 5.41) is 12.9. The molecule has 0 saturated carbocycles. The van der Waals surface area contributed by atoms with Crippen molar-refractivity contribution in [1.29, 1.82) is 0 Å². The van der Waals surface area contributed by atoms with Gasteiger partial charge in [-0.25, -0.2) is 4.79 Å². The van der Waals surface area contributed by atoms with Crippen molar-refractivity contribution in [1.82, 2.24) is 0 Å². The van der Waals surface area contributed by atoms with Gasteiger partial charge in [-0.3, -0.25) is 4.79 Å². The van der Waals surface area contributed by atoms with Gasteiger partial charge >= 0.3 is 5.97 Å². The molecule has 0 bridgehead atoms. The number of carbonyl (C=O) groups is 2. The molecule has 1 heterocycles. The van der Waals surface area contributed by atoms with Crippen molar-refractivity contribution in [3.63, 3.8) is 0 Å². The normalized spacial score (nSPS) is 10.6. The Kier molecular flexibility index (Phi) is 4.91. The number of carboxylic acid groups (broad SMARTS) is 1. The molecule has 5 heteroatoms. The van der Waals surface area contributed by atoms with Gasteiger partial charge in [0.2, 0.25) is 0 Å². The number of carboxylic acids is 1. The average molecular weight is 365 g/mol. The minimum Gasteiger partial charge on any atom is -0.478 e. The van der Waals surface area contributed by atoms with Gasteiger partial charge in [-0.1, -0.05) is 47.5 Å². The van der Waals surface area contributed by atoms with E-state index in [1.807, 2.05) is 51.1 Å². The van der Waals surface area contributed by atoms with E-state index < -0.39 is 5.97 Å². The van der Waals surface area contributed by atoms with Crippen molar-refractivity contribution in [3.8, 4) is 11.1 Å². The second-order valence-electron chi connectivity index (χ2n) is 6.23. The van der Waals surface area contributed by atoms with Crippen molar-refractivity contribution >= 4 is 28.2 Å². The average Bonchev–Trinajstić information content (AvgIpc) is 2.91. The van der Waals surface area contributed by atoms with Gasteiger partial charge in [0.1, 0.15) is 10.6 Å². The van der Waals surface area contributed by atoms with Gasteiger partial charge in [-0.05, 0) is 38.5 Å². The van der Waals surface area contributed by atoms with Crippen LogP contribution in [0.15, 0.2) is 48.5 Å². The highest BCUT2D eigenvalue weighted by Crippen LogP contribution is 2.40. The Balaban J connectivity index is 2.03. The van der Waals surface area contributed by atoms with Gasteiger partial charge in [0.25, 0.3) is 5.91 Å². The van der Waals surface area contributed by atoms with Crippen LogP contribution in [0, 0.1) is 20.8 Å². The predicted molar refractivity (Wildman–Crippen MR) is 105 cm³/mol. The number of carbonyl (C=O) groups excluding carboxylic acids is 1. The summed E-state index contributed by atoms with van der Waals surface area (Å²) < 4.78 is 0. The summed E-state index contributed by atoms with van der Waals surface area (Å²) in [6, 6.07) is 14.9. The van der Waals surface area contributed by atoms with Gasteiger partial charge in [-0.2, -0.15) is 0 Å². The second kappa shape index (κ2) is 7.14. The third kappa shape index (κ3) is 3.53. The molecule has 0 radical (unpaired) electrons. The van der Waals surface area contributed by atoms with Crippen LogP contribution in [0.25, 0.3) is 11.1 Å². The molecule has 0 saturated heterocycles. The third-order valence-electron chi connectivity index (χ3n) is 4.15. The van der Waals surface area contributed by atoms with Crippen LogP contribution < -0.4 is 5.32 Å². The Morgan fingerprint density at radius 2 is 1.65 bits per heavy atom. The summed E-state index contributed by atoms with van der Waals surface area (Å²) in [7, 11) is 0. The minimum atomic E-state index is -1.05. The van der Waals surface area contributed by atoms with Crippen molar-refractivity contribution in [3.05, 3.63) is 75.7 Å². The van der Waals surface area contributed by atoms with Gasteiger partial charge in [0.15, 0.2) is 0 Å². The van der Waals surface area contributed by atoms with E-state index in [2.05, 4.69) is 5.32 Å². The first-order valence-electron chi connectivity index (χ1n) is 8.18. The first kappa shape index (κ1) is 17.9. The fraction of sp³-hybridized carbons (Fsp3) is 0.143. The summed E-state index contributed by atoms with van der Waals surface area (Å²) in [5.41, 5.74) is 4.20. The second-order valence-corrected chi connectivity index (χ2v) is 7.46. The maximum absolute atomic E-state index is 12.5. The molecule has 4 nitrogen and oxygen atoms in total. The molecule has 0 unspecified atom stereocenters. The zero-order chi connectivity index (χ0) is 18.8. The lowest BCUT2D eigenvalue weighted by Crippen LogP contribution is -2.13. The smallest absolute Gasteiger partial charge is 0.339 e. The van der Waals surface area contributed by atoms with Crippen LogP contribution in [0.3, 0.4) is 0 Å². The number of hydrogen-bond donors (Lipinski definition) is 2.